The Balaban J connectivity index is 1.76. The molecule has 0 aliphatic heterocycles. The van der Waals surface area contributed by atoms with Gasteiger partial charge in [-0.25, -0.2) is 14.2 Å². The zero-order valence-corrected chi connectivity index (χ0v) is 11.9. The summed E-state index contributed by atoms with van der Waals surface area (Å²) in [7, 11) is 0. The molecule has 0 fully saturated rings. The number of amides is 1. The average Bonchev–Trinajstić information content (AvgIpc) is 2.52. The minimum absolute atomic E-state index is 0.0388. The molecule has 0 spiro atoms. The Hall–Kier alpha value is -2.83. The molecule has 2 aromatic rings. The van der Waals surface area contributed by atoms with Crippen molar-refractivity contribution >= 4 is 11.9 Å². The molecule has 2 rings (SSSR count). The number of ether oxygens (including phenoxy) is 1. The summed E-state index contributed by atoms with van der Waals surface area (Å²) in [4.78, 5) is 31.0. The number of aryl methyl sites for hydroxylation is 1. The highest BCUT2D eigenvalue weighted by molar-refractivity contribution is 5.89. The van der Waals surface area contributed by atoms with E-state index in [1.165, 1.54) is 24.5 Å². The van der Waals surface area contributed by atoms with Gasteiger partial charge in [-0.15, -0.1) is 0 Å². The molecule has 0 radical (unpaired) electrons. The minimum atomic E-state index is -0.718. The van der Waals surface area contributed by atoms with Gasteiger partial charge < -0.3 is 10.1 Å². The van der Waals surface area contributed by atoms with Crippen molar-refractivity contribution < 1.29 is 18.7 Å². The lowest BCUT2D eigenvalue weighted by molar-refractivity contribution is -0.124. The normalized spacial score (nSPS) is 10.1. The van der Waals surface area contributed by atoms with Crippen molar-refractivity contribution in [2.75, 3.05) is 6.61 Å². The van der Waals surface area contributed by atoms with Crippen LogP contribution in [0.25, 0.3) is 0 Å². The number of benzene rings is 1. The molecular weight excluding hydrogens is 289 g/mol. The second-order valence-corrected chi connectivity index (χ2v) is 4.52. The fourth-order valence-electron chi connectivity index (χ4n) is 1.56. The topological polar surface area (TPSA) is 81.2 Å². The van der Waals surface area contributed by atoms with Gasteiger partial charge in [-0.1, -0.05) is 12.1 Å². The summed E-state index contributed by atoms with van der Waals surface area (Å²) in [5.74, 6) is -1.52. The predicted molar refractivity (Wildman–Crippen MR) is 75.3 cm³/mol. The third-order valence-electron chi connectivity index (χ3n) is 2.73. The van der Waals surface area contributed by atoms with Crippen molar-refractivity contribution in [2.45, 2.75) is 13.5 Å². The van der Waals surface area contributed by atoms with E-state index in [4.69, 9.17) is 4.74 Å². The van der Waals surface area contributed by atoms with Gasteiger partial charge >= 0.3 is 5.97 Å². The number of carbonyl (C=O) groups is 2. The Morgan fingerprint density at radius 3 is 2.55 bits per heavy atom. The number of carbonyl (C=O) groups excluding carboxylic acids is 2. The molecule has 114 valence electrons. The molecule has 1 aromatic heterocycles. The van der Waals surface area contributed by atoms with Crippen LogP contribution in [0.1, 0.15) is 21.7 Å². The largest absolute Gasteiger partial charge is 0.451 e. The first-order valence-electron chi connectivity index (χ1n) is 6.51. The molecule has 1 heterocycles. The standard InChI is InChI=1S/C15H14FN3O3/c1-10-6-18-13(8-17-10)15(21)22-9-14(20)19-7-11-2-4-12(16)5-3-11/h2-6,8H,7,9H2,1H3,(H,19,20). The lowest BCUT2D eigenvalue weighted by Gasteiger charge is -2.06. The van der Waals surface area contributed by atoms with E-state index in [0.717, 1.165) is 5.56 Å². The van der Waals surface area contributed by atoms with Gasteiger partial charge in [0, 0.05) is 12.7 Å². The maximum atomic E-state index is 12.7. The summed E-state index contributed by atoms with van der Waals surface area (Å²) in [6.07, 6.45) is 2.72. The Labute approximate surface area is 126 Å². The molecule has 1 N–H and O–H groups in total. The fourth-order valence-corrected chi connectivity index (χ4v) is 1.56. The molecule has 0 bridgehead atoms. The maximum Gasteiger partial charge on any atom is 0.359 e. The van der Waals surface area contributed by atoms with Gasteiger partial charge in [-0.3, -0.25) is 9.78 Å². The summed E-state index contributed by atoms with van der Waals surface area (Å²) < 4.78 is 17.5. The number of nitrogens with zero attached hydrogens (tertiary/aromatic N) is 2. The molecule has 1 amide bonds. The number of hydrogen-bond acceptors (Lipinski definition) is 5. The van der Waals surface area contributed by atoms with E-state index in [9.17, 15) is 14.0 Å². The molecule has 0 atom stereocenters. The molecule has 6 nitrogen and oxygen atoms in total. The number of esters is 1. The van der Waals surface area contributed by atoms with Crippen LogP contribution in [0.5, 0.6) is 0 Å². The number of rotatable bonds is 5. The Morgan fingerprint density at radius 2 is 1.91 bits per heavy atom. The number of nitrogens with one attached hydrogen (secondary N) is 1. The summed E-state index contributed by atoms with van der Waals surface area (Å²) in [6, 6.07) is 5.72. The number of hydrogen-bond donors (Lipinski definition) is 1. The summed E-state index contributed by atoms with van der Waals surface area (Å²) in [5, 5.41) is 2.56. The second kappa shape index (κ2) is 7.26. The third kappa shape index (κ3) is 4.62. The van der Waals surface area contributed by atoms with Crippen LogP contribution < -0.4 is 5.32 Å². The van der Waals surface area contributed by atoms with Gasteiger partial charge in [0.15, 0.2) is 12.3 Å². The van der Waals surface area contributed by atoms with Gasteiger partial charge in [0.2, 0.25) is 0 Å². The molecule has 0 aliphatic carbocycles. The predicted octanol–water partition coefficient (Wildman–Crippen LogP) is 1.40. The van der Waals surface area contributed by atoms with Crippen molar-refractivity contribution in [1.82, 2.24) is 15.3 Å². The fraction of sp³-hybridized carbons (Fsp3) is 0.200. The minimum Gasteiger partial charge on any atom is -0.451 e. The van der Waals surface area contributed by atoms with Crippen molar-refractivity contribution in [3.8, 4) is 0 Å². The Kier molecular flexibility index (Phi) is 5.13. The summed E-state index contributed by atoms with van der Waals surface area (Å²) >= 11 is 0. The van der Waals surface area contributed by atoms with Gasteiger partial charge in [0.1, 0.15) is 5.82 Å². The quantitative estimate of drug-likeness (QED) is 0.844. The van der Waals surface area contributed by atoms with Crippen LogP contribution in [0.3, 0.4) is 0 Å². The molecule has 22 heavy (non-hydrogen) atoms. The van der Waals surface area contributed by atoms with E-state index < -0.39 is 18.5 Å². The van der Waals surface area contributed by atoms with Crippen LogP contribution >= 0.6 is 0 Å². The van der Waals surface area contributed by atoms with Crippen molar-refractivity contribution in [2.24, 2.45) is 0 Å². The van der Waals surface area contributed by atoms with E-state index in [0.29, 0.717) is 5.69 Å². The van der Waals surface area contributed by atoms with Gasteiger partial charge in [-0.05, 0) is 24.6 Å². The molecule has 7 heteroatoms. The molecule has 0 saturated carbocycles. The lowest BCUT2D eigenvalue weighted by atomic mass is 10.2. The van der Waals surface area contributed by atoms with Crippen LogP contribution in [-0.2, 0) is 16.1 Å². The van der Waals surface area contributed by atoms with Crippen LogP contribution in [0.2, 0.25) is 0 Å². The molecule has 0 saturated heterocycles. The molecule has 0 unspecified atom stereocenters. The van der Waals surface area contributed by atoms with Crippen LogP contribution in [0, 0.1) is 12.7 Å². The van der Waals surface area contributed by atoms with Crippen molar-refractivity contribution in [1.29, 1.82) is 0 Å². The Morgan fingerprint density at radius 1 is 1.18 bits per heavy atom. The summed E-state index contributed by atoms with van der Waals surface area (Å²) in [5.41, 5.74) is 1.45. The highest BCUT2D eigenvalue weighted by atomic mass is 19.1. The van der Waals surface area contributed by atoms with Crippen molar-refractivity contribution in [3.05, 3.63) is 59.4 Å². The van der Waals surface area contributed by atoms with Gasteiger partial charge in [-0.2, -0.15) is 0 Å². The van der Waals surface area contributed by atoms with E-state index in [2.05, 4.69) is 15.3 Å². The highest BCUT2D eigenvalue weighted by Gasteiger charge is 2.11. The van der Waals surface area contributed by atoms with Gasteiger partial charge in [0.05, 0.1) is 11.9 Å². The highest BCUT2D eigenvalue weighted by Crippen LogP contribution is 2.02. The number of aromatic nitrogens is 2. The SMILES string of the molecule is Cc1cnc(C(=O)OCC(=O)NCc2ccc(F)cc2)cn1. The van der Waals surface area contributed by atoms with Crippen LogP contribution in [-0.4, -0.2) is 28.5 Å². The molecule has 1 aromatic carbocycles. The Bertz CT molecular complexity index is 657. The van der Waals surface area contributed by atoms with E-state index >= 15 is 0 Å². The van der Waals surface area contributed by atoms with E-state index in [-0.39, 0.29) is 18.1 Å². The smallest absolute Gasteiger partial charge is 0.359 e. The average molecular weight is 303 g/mol. The van der Waals surface area contributed by atoms with Crippen LogP contribution in [0.15, 0.2) is 36.7 Å². The zero-order chi connectivity index (χ0) is 15.9. The monoisotopic (exact) mass is 303 g/mol. The van der Waals surface area contributed by atoms with E-state index in [1.54, 1.807) is 19.1 Å². The van der Waals surface area contributed by atoms with Gasteiger partial charge in [0.25, 0.3) is 5.91 Å². The first kappa shape index (κ1) is 15.6. The van der Waals surface area contributed by atoms with Crippen molar-refractivity contribution in [3.63, 3.8) is 0 Å². The first-order valence-corrected chi connectivity index (χ1v) is 6.51. The maximum absolute atomic E-state index is 12.7. The summed E-state index contributed by atoms with van der Waals surface area (Å²) in [6.45, 7) is 1.54. The lowest BCUT2D eigenvalue weighted by Crippen LogP contribution is -2.28. The third-order valence-corrected chi connectivity index (χ3v) is 2.73. The number of halogens is 1. The second-order valence-electron chi connectivity index (χ2n) is 4.52. The molecule has 0 aliphatic rings. The first-order chi connectivity index (χ1) is 10.5. The van der Waals surface area contributed by atoms with E-state index in [1.807, 2.05) is 0 Å². The molecular formula is C15H14FN3O3. The van der Waals surface area contributed by atoms with Crippen LogP contribution in [0.4, 0.5) is 4.39 Å². The zero-order valence-electron chi connectivity index (χ0n) is 11.9.